The summed E-state index contributed by atoms with van der Waals surface area (Å²) in [5.41, 5.74) is 4.04. The Labute approximate surface area is 230 Å². The van der Waals surface area contributed by atoms with Crippen LogP contribution in [0.2, 0.25) is 0 Å². The van der Waals surface area contributed by atoms with Gasteiger partial charge in [-0.15, -0.1) is 0 Å². The molecule has 2 aliphatic heterocycles. The molecule has 10 nitrogen and oxygen atoms in total. The number of nitrogens with one attached hydrogen (secondary N) is 1. The number of carbonyl (C=O) groups excluding carboxylic acids is 1. The van der Waals surface area contributed by atoms with Crippen LogP contribution in [0.5, 0.6) is 23.0 Å². The molecule has 4 heterocycles. The summed E-state index contributed by atoms with van der Waals surface area (Å²) in [7, 11) is 5.27. The number of hydrogen-bond acceptors (Lipinski definition) is 9. The van der Waals surface area contributed by atoms with Crippen molar-refractivity contribution in [3.8, 4) is 34.3 Å². The second-order valence-corrected chi connectivity index (χ2v) is 10.00. The van der Waals surface area contributed by atoms with Crippen molar-refractivity contribution in [1.82, 2.24) is 10.2 Å². The SMILES string of the molecule is COc1ccc(-c2oc3cc(C)oc(=O)c3c2CC(=O)NCc2c3c(c(OC)c4c2OCO4)CN(C)CC3)cc1. The maximum atomic E-state index is 13.4. The fraction of sp³-hybridized carbons (Fsp3) is 0.333. The van der Waals surface area contributed by atoms with Gasteiger partial charge in [0.25, 0.3) is 0 Å². The van der Waals surface area contributed by atoms with Crippen molar-refractivity contribution in [2.24, 2.45) is 0 Å². The average Bonchev–Trinajstić information content (AvgIpc) is 3.56. The van der Waals surface area contributed by atoms with Crippen molar-refractivity contribution < 1.29 is 32.6 Å². The van der Waals surface area contributed by atoms with Crippen LogP contribution in [0, 0.1) is 6.92 Å². The second kappa shape index (κ2) is 10.3. The Morgan fingerprint density at radius 2 is 1.80 bits per heavy atom. The number of hydrogen-bond donors (Lipinski definition) is 1. The summed E-state index contributed by atoms with van der Waals surface area (Å²) in [5, 5.41) is 3.29. The summed E-state index contributed by atoms with van der Waals surface area (Å²) in [6.07, 6.45) is 0.710. The lowest BCUT2D eigenvalue weighted by molar-refractivity contribution is -0.120. The monoisotopic (exact) mass is 546 g/mol. The number of benzene rings is 2. The molecule has 0 radical (unpaired) electrons. The first kappa shape index (κ1) is 25.8. The third-order valence-corrected chi connectivity index (χ3v) is 7.45. The molecule has 2 aromatic heterocycles. The van der Waals surface area contributed by atoms with Crippen LogP contribution in [-0.4, -0.2) is 45.4 Å². The lowest BCUT2D eigenvalue weighted by Crippen LogP contribution is -2.30. The molecule has 6 rings (SSSR count). The van der Waals surface area contributed by atoms with Gasteiger partial charge in [0.2, 0.25) is 18.4 Å². The van der Waals surface area contributed by atoms with Gasteiger partial charge >= 0.3 is 5.63 Å². The normalized spacial score (nSPS) is 14.3. The Balaban J connectivity index is 1.33. The number of methoxy groups -OCH3 is 2. The zero-order chi connectivity index (χ0) is 28.0. The van der Waals surface area contributed by atoms with Crippen molar-refractivity contribution in [2.45, 2.75) is 32.9 Å². The van der Waals surface area contributed by atoms with Gasteiger partial charge in [0.05, 0.1) is 20.6 Å². The van der Waals surface area contributed by atoms with Crippen molar-refractivity contribution in [2.75, 3.05) is 34.6 Å². The molecule has 0 atom stereocenters. The maximum absolute atomic E-state index is 13.4. The highest BCUT2D eigenvalue weighted by atomic mass is 16.7. The van der Waals surface area contributed by atoms with E-state index < -0.39 is 5.63 Å². The smallest absolute Gasteiger partial charge is 0.347 e. The molecule has 1 N–H and O–H groups in total. The van der Waals surface area contributed by atoms with Crippen molar-refractivity contribution in [3.63, 3.8) is 0 Å². The van der Waals surface area contributed by atoms with Gasteiger partial charge in [0, 0.05) is 48.0 Å². The Hall–Kier alpha value is -4.44. The number of likely N-dealkylation sites (N-methyl/N-ethyl adjacent to an activating group) is 1. The van der Waals surface area contributed by atoms with E-state index in [1.165, 1.54) is 0 Å². The minimum absolute atomic E-state index is 0.0805. The first-order valence-corrected chi connectivity index (χ1v) is 13.0. The molecular formula is C30H30N2O8. The summed E-state index contributed by atoms with van der Waals surface area (Å²) in [5.74, 6) is 3.12. The molecule has 10 heteroatoms. The lowest BCUT2D eigenvalue weighted by Gasteiger charge is -2.29. The fourth-order valence-corrected chi connectivity index (χ4v) is 5.56. The van der Waals surface area contributed by atoms with Gasteiger partial charge in [-0.25, -0.2) is 4.79 Å². The number of rotatable bonds is 7. The zero-order valence-electron chi connectivity index (χ0n) is 22.8. The topological polar surface area (TPSA) is 113 Å². The number of fused-ring (bicyclic) bond motifs is 3. The molecule has 0 saturated carbocycles. The number of aryl methyl sites for hydroxylation is 1. The molecule has 40 heavy (non-hydrogen) atoms. The van der Waals surface area contributed by atoms with Crippen LogP contribution in [0.25, 0.3) is 22.3 Å². The number of nitrogens with zero attached hydrogens (tertiary/aromatic N) is 1. The Morgan fingerprint density at radius 3 is 2.55 bits per heavy atom. The van der Waals surface area contributed by atoms with Gasteiger partial charge in [0.1, 0.15) is 28.2 Å². The van der Waals surface area contributed by atoms with E-state index in [2.05, 4.69) is 17.3 Å². The lowest BCUT2D eigenvalue weighted by atomic mass is 9.92. The van der Waals surface area contributed by atoms with Gasteiger partial charge in [0.15, 0.2) is 11.5 Å². The highest BCUT2D eigenvalue weighted by Crippen LogP contribution is 2.49. The van der Waals surface area contributed by atoms with Gasteiger partial charge in [-0.1, -0.05) is 0 Å². The van der Waals surface area contributed by atoms with Gasteiger partial charge in [-0.05, 0) is 50.2 Å². The molecule has 208 valence electrons. The molecule has 0 bridgehead atoms. The molecule has 2 aromatic carbocycles. The Kier molecular flexibility index (Phi) is 6.63. The van der Waals surface area contributed by atoms with E-state index in [4.69, 9.17) is 27.8 Å². The molecule has 0 fully saturated rings. The van der Waals surface area contributed by atoms with Crippen LogP contribution in [0.1, 0.15) is 28.0 Å². The predicted octanol–water partition coefficient (Wildman–Crippen LogP) is 3.95. The van der Waals surface area contributed by atoms with Gasteiger partial charge in [-0.3, -0.25) is 4.79 Å². The van der Waals surface area contributed by atoms with E-state index in [1.807, 2.05) is 12.1 Å². The summed E-state index contributed by atoms with van der Waals surface area (Å²) in [6.45, 7) is 3.59. The minimum atomic E-state index is -0.543. The number of amides is 1. The zero-order valence-corrected chi connectivity index (χ0v) is 22.8. The van der Waals surface area contributed by atoms with E-state index in [0.717, 1.165) is 29.7 Å². The maximum Gasteiger partial charge on any atom is 0.347 e. The summed E-state index contributed by atoms with van der Waals surface area (Å²) < 4.78 is 34.1. The third kappa shape index (κ3) is 4.44. The van der Waals surface area contributed by atoms with Gasteiger partial charge < -0.3 is 38.0 Å². The highest BCUT2D eigenvalue weighted by molar-refractivity contribution is 5.92. The number of furan rings is 1. The van der Waals surface area contributed by atoms with Gasteiger partial charge in [-0.2, -0.15) is 0 Å². The van der Waals surface area contributed by atoms with Crippen LogP contribution in [-0.2, 0) is 30.7 Å². The minimum Gasteiger partial charge on any atom is -0.497 e. The first-order valence-electron chi connectivity index (χ1n) is 13.0. The fourth-order valence-electron chi connectivity index (χ4n) is 5.56. The summed E-state index contributed by atoms with van der Waals surface area (Å²) in [4.78, 5) is 28.5. The molecule has 0 saturated heterocycles. The molecule has 1 amide bonds. The van der Waals surface area contributed by atoms with Crippen molar-refractivity contribution >= 4 is 16.9 Å². The molecule has 0 spiro atoms. The molecule has 0 unspecified atom stereocenters. The van der Waals surface area contributed by atoms with Crippen LogP contribution in [0.3, 0.4) is 0 Å². The molecular weight excluding hydrogens is 516 g/mol. The summed E-state index contributed by atoms with van der Waals surface area (Å²) >= 11 is 0. The van der Waals surface area contributed by atoms with Crippen LogP contribution >= 0.6 is 0 Å². The Morgan fingerprint density at radius 1 is 1.02 bits per heavy atom. The summed E-state index contributed by atoms with van der Waals surface area (Å²) in [6, 6.07) is 8.91. The first-order chi connectivity index (χ1) is 19.4. The molecule has 0 aliphatic carbocycles. The van der Waals surface area contributed by atoms with E-state index in [-0.39, 0.29) is 31.1 Å². The van der Waals surface area contributed by atoms with Crippen LogP contribution < -0.4 is 29.9 Å². The Bertz CT molecular complexity index is 1670. The average molecular weight is 547 g/mol. The second-order valence-electron chi connectivity index (χ2n) is 10.00. The largest absolute Gasteiger partial charge is 0.497 e. The quantitative estimate of drug-likeness (QED) is 0.368. The van der Waals surface area contributed by atoms with E-state index in [0.29, 0.717) is 57.8 Å². The van der Waals surface area contributed by atoms with E-state index in [1.54, 1.807) is 39.3 Å². The van der Waals surface area contributed by atoms with Crippen LogP contribution in [0.4, 0.5) is 0 Å². The van der Waals surface area contributed by atoms with Crippen molar-refractivity contribution in [3.05, 3.63) is 68.8 Å². The number of ether oxygens (including phenoxy) is 4. The van der Waals surface area contributed by atoms with E-state index >= 15 is 0 Å². The third-order valence-electron chi connectivity index (χ3n) is 7.45. The standard InChI is InChI=1S/C30H30N2O8/c1-16-11-23-25(30(34)39-16)20(26(40-23)17-5-7-18(35-3)8-6-17)12-24(33)31-13-21-19-9-10-32(2)14-22(19)27(36-4)29-28(21)37-15-38-29/h5-8,11H,9-10,12-15H2,1-4H3,(H,31,33). The molecule has 4 aromatic rings. The molecule has 2 aliphatic rings. The van der Waals surface area contributed by atoms with Crippen molar-refractivity contribution in [1.29, 1.82) is 0 Å². The van der Waals surface area contributed by atoms with Crippen LogP contribution in [0.15, 0.2) is 44.0 Å². The number of carbonyl (C=O) groups is 1. The highest BCUT2D eigenvalue weighted by Gasteiger charge is 2.32. The van der Waals surface area contributed by atoms with E-state index in [9.17, 15) is 9.59 Å². The predicted molar refractivity (Wildman–Crippen MR) is 146 cm³/mol.